The highest BCUT2D eigenvalue weighted by molar-refractivity contribution is 7.17. The van der Waals surface area contributed by atoms with E-state index in [1.165, 1.54) is 6.07 Å². The molecule has 0 aliphatic heterocycles. The van der Waals surface area contributed by atoms with Gasteiger partial charge in [0.2, 0.25) is 0 Å². The Morgan fingerprint density at radius 1 is 1.25 bits per heavy atom. The number of carbonyl (C=O) groups is 1. The third-order valence-electron chi connectivity index (χ3n) is 3.27. The fourth-order valence-corrected chi connectivity index (χ4v) is 2.97. The zero-order chi connectivity index (χ0) is 17.5. The number of H-pyrrole nitrogens is 1. The number of rotatable bonds is 2. The van der Waals surface area contributed by atoms with Gasteiger partial charge in [0.15, 0.2) is 5.75 Å². The summed E-state index contributed by atoms with van der Waals surface area (Å²) in [7, 11) is 0. The standard InChI is InChI=1S/C15H9F3N2O3S/c16-15(17,18)7-2-1-3-8(6-7)19-13(22)10-11(21)12-9(4-5-24-12)20-14(10)23/h1-6H,(H,19,22)(H2,20,21,23). The fourth-order valence-electron chi connectivity index (χ4n) is 2.17. The minimum atomic E-state index is -4.56. The number of anilines is 1. The highest BCUT2D eigenvalue weighted by atomic mass is 32.1. The quantitative estimate of drug-likeness (QED) is 0.658. The van der Waals surface area contributed by atoms with Crippen LogP contribution in [0.5, 0.6) is 5.75 Å². The molecule has 3 N–H and O–H groups in total. The first-order valence-electron chi connectivity index (χ1n) is 6.58. The van der Waals surface area contributed by atoms with E-state index in [2.05, 4.69) is 10.3 Å². The van der Waals surface area contributed by atoms with Crippen molar-refractivity contribution in [3.63, 3.8) is 0 Å². The van der Waals surface area contributed by atoms with Crippen molar-refractivity contribution in [2.45, 2.75) is 6.18 Å². The predicted molar refractivity (Wildman–Crippen MR) is 83.5 cm³/mol. The first kappa shape index (κ1) is 16.1. The minimum absolute atomic E-state index is 0.139. The number of halogens is 3. The van der Waals surface area contributed by atoms with Crippen LogP contribution in [-0.4, -0.2) is 16.0 Å². The van der Waals surface area contributed by atoms with Crippen LogP contribution in [0.4, 0.5) is 18.9 Å². The molecule has 24 heavy (non-hydrogen) atoms. The maximum Gasteiger partial charge on any atom is 0.416 e. The van der Waals surface area contributed by atoms with Crippen LogP contribution in [-0.2, 0) is 6.18 Å². The van der Waals surface area contributed by atoms with E-state index in [1.807, 2.05) is 0 Å². The molecular weight excluding hydrogens is 345 g/mol. The summed E-state index contributed by atoms with van der Waals surface area (Å²) in [6, 6.07) is 5.55. The molecule has 3 rings (SSSR count). The normalized spacial score (nSPS) is 11.6. The Labute approximate surface area is 136 Å². The van der Waals surface area contributed by atoms with Gasteiger partial charge in [-0.25, -0.2) is 0 Å². The number of alkyl halides is 3. The van der Waals surface area contributed by atoms with Crippen molar-refractivity contribution in [1.29, 1.82) is 0 Å². The number of hydrogen-bond acceptors (Lipinski definition) is 4. The summed E-state index contributed by atoms with van der Waals surface area (Å²) in [6.45, 7) is 0. The van der Waals surface area contributed by atoms with Gasteiger partial charge in [0.25, 0.3) is 11.5 Å². The van der Waals surface area contributed by atoms with Gasteiger partial charge in [0, 0.05) is 5.69 Å². The molecule has 124 valence electrons. The molecule has 0 radical (unpaired) electrons. The van der Waals surface area contributed by atoms with Gasteiger partial charge < -0.3 is 15.4 Å². The third kappa shape index (κ3) is 2.85. The molecule has 0 bridgehead atoms. The average Bonchev–Trinajstić information content (AvgIpc) is 2.95. The molecule has 2 aromatic heterocycles. The third-order valence-corrected chi connectivity index (χ3v) is 4.19. The van der Waals surface area contributed by atoms with Crippen LogP contribution < -0.4 is 10.9 Å². The summed E-state index contributed by atoms with van der Waals surface area (Å²) in [6.07, 6.45) is -4.56. The lowest BCUT2D eigenvalue weighted by atomic mass is 10.1. The molecular formula is C15H9F3N2O3S. The van der Waals surface area contributed by atoms with Gasteiger partial charge in [-0.2, -0.15) is 13.2 Å². The summed E-state index contributed by atoms with van der Waals surface area (Å²) in [5, 5.41) is 13.9. The Morgan fingerprint density at radius 3 is 2.71 bits per heavy atom. The zero-order valence-electron chi connectivity index (χ0n) is 11.8. The Balaban J connectivity index is 1.98. The summed E-state index contributed by atoms with van der Waals surface area (Å²) < 4.78 is 38.4. The lowest BCUT2D eigenvalue weighted by molar-refractivity contribution is -0.137. The van der Waals surface area contributed by atoms with Crippen LogP contribution in [0.3, 0.4) is 0 Å². The summed E-state index contributed by atoms with van der Waals surface area (Å²) in [4.78, 5) is 26.6. The lowest BCUT2D eigenvalue weighted by Gasteiger charge is -2.10. The highest BCUT2D eigenvalue weighted by Gasteiger charge is 2.30. The number of aromatic hydroxyl groups is 1. The van der Waals surface area contributed by atoms with Crippen molar-refractivity contribution in [2.24, 2.45) is 0 Å². The predicted octanol–water partition coefficient (Wildman–Crippen LogP) is 3.57. The van der Waals surface area contributed by atoms with E-state index in [-0.39, 0.29) is 5.69 Å². The monoisotopic (exact) mass is 354 g/mol. The highest BCUT2D eigenvalue weighted by Crippen LogP contribution is 2.32. The smallest absolute Gasteiger partial charge is 0.416 e. The zero-order valence-corrected chi connectivity index (χ0v) is 12.6. The SMILES string of the molecule is O=C(Nc1cccc(C(F)(F)F)c1)c1c(O)c2sccc2[nH]c1=O. The topological polar surface area (TPSA) is 82.2 Å². The molecule has 0 aliphatic carbocycles. The number of pyridine rings is 1. The Bertz CT molecular complexity index is 992. The van der Waals surface area contributed by atoms with Crippen LogP contribution in [0.15, 0.2) is 40.5 Å². The van der Waals surface area contributed by atoms with Crippen molar-refractivity contribution in [3.8, 4) is 5.75 Å². The van der Waals surface area contributed by atoms with E-state index in [0.717, 1.165) is 29.5 Å². The van der Waals surface area contributed by atoms with Crippen molar-refractivity contribution < 1.29 is 23.1 Å². The van der Waals surface area contributed by atoms with Crippen LogP contribution in [0.2, 0.25) is 0 Å². The number of aromatic amines is 1. The summed E-state index contributed by atoms with van der Waals surface area (Å²) in [5.74, 6) is -1.50. The number of aromatic nitrogens is 1. The van der Waals surface area contributed by atoms with Crippen LogP contribution in [0.25, 0.3) is 10.2 Å². The second kappa shape index (κ2) is 5.68. The fraction of sp³-hybridized carbons (Fsp3) is 0.0667. The average molecular weight is 354 g/mol. The Hall–Kier alpha value is -2.81. The summed E-state index contributed by atoms with van der Waals surface area (Å²) in [5.41, 5.74) is -2.09. The number of carbonyl (C=O) groups excluding carboxylic acids is 1. The van der Waals surface area contributed by atoms with Crippen LogP contribution >= 0.6 is 11.3 Å². The number of thiophene rings is 1. The maximum absolute atomic E-state index is 12.7. The van der Waals surface area contributed by atoms with Crippen molar-refractivity contribution in [1.82, 2.24) is 4.98 Å². The summed E-state index contributed by atoms with van der Waals surface area (Å²) >= 11 is 1.12. The van der Waals surface area contributed by atoms with E-state index < -0.39 is 34.5 Å². The Kier molecular flexibility index (Phi) is 3.80. The number of benzene rings is 1. The molecule has 0 atom stereocenters. The second-order valence-corrected chi connectivity index (χ2v) is 5.79. The maximum atomic E-state index is 12.7. The lowest BCUT2D eigenvalue weighted by Crippen LogP contribution is -2.23. The Morgan fingerprint density at radius 2 is 2.00 bits per heavy atom. The molecule has 0 aliphatic rings. The first-order valence-corrected chi connectivity index (χ1v) is 7.46. The minimum Gasteiger partial charge on any atom is -0.505 e. The van der Waals surface area contributed by atoms with Crippen molar-refractivity contribution in [3.05, 3.63) is 57.2 Å². The van der Waals surface area contributed by atoms with E-state index in [9.17, 15) is 27.9 Å². The van der Waals surface area contributed by atoms with E-state index in [4.69, 9.17) is 0 Å². The van der Waals surface area contributed by atoms with Gasteiger partial charge in [0.05, 0.1) is 15.8 Å². The molecule has 1 aromatic carbocycles. The number of fused-ring (bicyclic) bond motifs is 1. The largest absolute Gasteiger partial charge is 0.505 e. The van der Waals surface area contributed by atoms with Gasteiger partial charge in [-0.3, -0.25) is 9.59 Å². The van der Waals surface area contributed by atoms with E-state index >= 15 is 0 Å². The van der Waals surface area contributed by atoms with Gasteiger partial charge in [0.1, 0.15) is 5.56 Å². The van der Waals surface area contributed by atoms with Crippen LogP contribution in [0, 0.1) is 0 Å². The molecule has 0 spiro atoms. The van der Waals surface area contributed by atoms with E-state index in [0.29, 0.717) is 10.2 Å². The first-order chi connectivity index (χ1) is 11.3. The number of nitrogens with one attached hydrogen (secondary N) is 2. The molecule has 9 heteroatoms. The van der Waals surface area contributed by atoms with Gasteiger partial charge in [-0.15, -0.1) is 11.3 Å². The van der Waals surface area contributed by atoms with Crippen molar-refractivity contribution in [2.75, 3.05) is 5.32 Å². The van der Waals surface area contributed by atoms with Gasteiger partial charge in [-0.1, -0.05) is 6.07 Å². The van der Waals surface area contributed by atoms with Gasteiger partial charge >= 0.3 is 6.18 Å². The molecule has 1 amide bonds. The molecule has 0 saturated heterocycles. The number of hydrogen-bond donors (Lipinski definition) is 3. The molecule has 3 aromatic rings. The molecule has 5 nitrogen and oxygen atoms in total. The van der Waals surface area contributed by atoms with Crippen LogP contribution in [0.1, 0.15) is 15.9 Å². The van der Waals surface area contributed by atoms with E-state index in [1.54, 1.807) is 11.4 Å². The van der Waals surface area contributed by atoms with Crippen molar-refractivity contribution >= 4 is 33.1 Å². The molecule has 0 fully saturated rings. The second-order valence-electron chi connectivity index (χ2n) is 4.87. The number of amides is 1. The molecule has 2 heterocycles. The molecule has 0 saturated carbocycles. The van der Waals surface area contributed by atoms with Gasteiger partial charge in [-0.05, 0) is 29.6 Å². The molecule has 0 unspecified atom stereocenters.